The lowest BCUT2D eigenvalue weighted by Crippen LogP contribution is -2.33. The monoisotopic (exact) mass is 365 g/mol. The summed E-state index contributed by atoms with van der Waals surface area (Å²) in [6, 6.07) is 7.98. The Kier molecular flexibility index (Phi) is 4.04. The highest BCUT2D eigenvalue weighted by Gasteiger charge is 2.36. The van der Waals surface area contributed by atoms with E-state index in [2.05, 4.69) is 21.0 Å². The van der Waals surface area contributed by atoms with Gasteiger partial charge in [0.15, 0.2) is 0 Å². The summed E-state index contributed by atoms with van der Waals surface area (Å²) in [6.45, 7) is 2.14. The van der Waals surface area contributed by atoms with Gasteiger partial charge in [-0.05, 0) is 31.4 Å². The van der Waals surface area contributed by atoms with Gasteiger partial charge in [-0.25, -0.2) is 4.68 Å². The van der Waals surface area contributed by atoms with Crippen LogP contribution in [0.2, 0.25) is 0 Å². The van der Waals surface area contributed by atoms with Gasteiger partial charge in [-0.2, -0.15) is 9.49 Å². The van der Waals surface area contributed by atoms with Crippen LogP contribution in [0.1, 0.15) is 34.5 Å². The van der Waals surface area contributed by atoms with Gasteiger partial charge in [-0.15, -0.1) is 0 Å². The normalized spacial score (nSPS) is 14.2. The highest BCUT2D eigenvalue weighted by Crippen LogP contribution is 2.32. The van der Waals surface area contributed by atoms with Crippen LogP contribution in [0.15, 0.2) is 28.7 Å². The first-order valence-corrected chi connectivity index (χ1v) is 8.01. The van der Waals surface area contributed by atoms with E-state index in [1.165, 1.54) is 7.05 Å². The van der Waals surface area contributed by atoms with E-state index in [1.807, 2.05) is 24.3 Å². The molecule has 3 rings (SSSR count). The molecule has 1 aromatic heterocycles. The van der Waals surface area contributed by atoms with Gasteiger partial charge in [0.25, 0.3) is 5.91 Å². The zero-order chi connectivity index (χ0) is 15.9. The molecule has 1 saturated carbocycles. The molecule has 0 radical (unpaired) electrons. The van der Waals surface area contributed by atoms with E-state index in [-0.39, 0.29) is 17.5 Å². The quantitative estimate of drug-likeness (QED) is 0.832. The minimum absolute atomic E-state index is 0.0847. The van der Waals surface area contributed by atoms with Gasteiger partial charge in [0.05, 0.1) is 5.69 Å². The molecule has 22 heavy (non-hydrogen) atoms. The molecule has 116 valence electrons. The number of aryl methyl sites for hydroxylation is 2. The van der Waals surface area contributed by atoms with E-state index in [0.29, 0.717) is 12.2 Å². The third-order valence-electron chi connectivity index (χ3n) is 3.91. The molecule has 0 saturated heterocycles. The summed E-state index contributed by atoms with van der Waals surface area (Å²) in [5, 5.41) is 4.00. The van der Waals surface area contributed by atoms with Crippen molar-refractivity contribution in [3.05, 3.63) is 51.5 Å². The van der Waals surface area contributed by atoms with Gasteiger partial charge in [0.1, 0.15) is 5.56 Å². The van der Waals surface area contributed by atoms with Gasteiger partial charge < -0.3 is 4.90 Å². The van der Waals surface area contributed by atoms with E-state index in [4.69, 9.17) is 0 Å². The molecule has 0 spiro atoms. The number of amides is 1. The number of halogens is 2. The van der Waals surface area contributed by atoms with Gasteiger partial charge in [0, 0.05) is 24.1 Å². The number of carbonyl (C=O) groups excluding carboxylic acids is 1. The summed E-state index contributed by atoms with van der Waals surface area (Å²) in [4.78, 5) is 14.6. The number of nitrogens with zero attached hydrogens (tertiary/aromatic N) is 3. The maximum atomic E-state index is 14.2. The van der Waals surface area contributed by atoms with Crippen LogP contribution in [0, 0.1) is 12.9 Å². The van der Waals surface area contributed by atoms with Crippen LogP contribution in [0.25, 0.3) is 0 Å². The van der Waals surface area contributed by atoms with E-state index in [9.17, 15) is 9.18 Å². The largest absolute Gasteiger partial charge is 0.331 e. The van der Waals surface area contributed by atoms with Gasteiger partial charge in [0.2, 0.25) is 5.95 Å². The van der Waals surface area contributed by atoms with Gasteiger partial charge >= 0.3 is 0 Å². The standard InChI is InChI=1S/C16H17BrFN3O/c1-10-14(15(18)20(2)19-10)16(22)21(12-7-8-12)9-11-5-3-4-6-13(11)17/h3-6,12H,7-9H2,1-2H3. The van der Waals surface area contributed by atoms with Crippen molar-refractivity contribution < 1.29 is 9.18 Å². The molecule has 0 atom stereocenters. The molecule has 0 bridgehead atoms. The minimum atomic E-state index is -0.569. The van der Waals surface area contributed by atoms with E-state index >= 15 is 0 Å². The lowest BCUT2D eigenvalue weighted by Gasteiger charge is -2.23. The van der Waals surface area contributed by atoms with Crippen LogP contribution in [0.5, 0.6) is 0 Å². The highest BCUT2D eigenvalue weighted by molar-refractivity contribution is 9.10. The predicted molar refractivity (Wildman–Crippen MR) is 84.9 cm³/mol. The van der Waals surface area contributed by atoms with Crippen molar-refractivity contribution in [3.8, 4) is 0 Å². The van der Waals surface area contributed by atoms with Crippen LogP contribution < -0.4 is 0 Å². The summed E-state index contributed by atoms with van der Waals surface area (Å²) in [6.07, 6.45) is 1.94. The maximum absolute atomic E-state index is 14.2. The highest BCUT2D eigenvalue weighted by atomic mass is 79.9. The molecule has 6 heteroatoms. The lowest BCUT2D eigenvalue weighted by molar-refractivity contribution is 0.0723. The predicted octanol–water partition coefficient (Wildman–Crippen LogP) is 3.43. The zero-order valence-corrected chi connectivity index (χ0v) is 14.1. The Morgan fingerprint density at radius 2 is 2.14 bits per heavy atom. The molecule has 1 aromatic carbocycles. The topological polar surface area (TPSA) is 38.1 Å². The number of carbonyl (C=O) groups is 1. The molecule has 1 aliphatic carbocycles. The van der Waals surface area contributed by atoms with Crippen LogP contribution in [0.3, 0.4) is 0 Å². The number of benzene rings is 1. The molecule has 1 fully saturated rings. The number of hydrogen-bond acceptors (Lipinski definition) is 2. The lowest BCUT2D eigenvalue weighted by atomic mass is 10.1. The number of rotatable bonds is 4. The average Bonchev–Trinajstić information content (AvgIpc) is 3.27. The fourth-order valence-corrected chi connectivity index (χ4v) is 2.99. The van der Waals surface area contributed by atoms with Crippen molar-refractivity contribution in [2.75, 3.05) is 0 Å². The second-order valence-electron chi connectivity index (χ2n) is 5.63. The van der Waals surface area contributed by atoms with E-state index in [0.717, 1.165) is 27.6 Å². The van der Waals surface area contributed by atoms with Crippen molar-refractivity contribution in [3.63, 3.8) is 0 Å². The van der Waals surface area contributed by atoms with Crippen molar-refractivity contribution in [2.24, 2.45) is 7.05 Å². The molecular formula is C16H17BrFN3O. The summed E-state index contributed by atoms with van der Waals surface area (Å²) in [5.74, 6) is -0.846. The molecule has 2 aromatic rings. The summed E-state index contributed by atoms with van der Waals surface area (Å²) < 4.78 is 16.3. The Morgan fingerprint density at radius 3 is 2.68 bits per heavy atom. The summed E-state index contributed by atoms with van der Waals surface area (Å²) in [7, 11) is 1.51. The molecule has 0 unspecified atom stereocenters. The Balaban J connectivity index is 1.91. The number of hydrogen-bond donors (Lipinski definition) is 0. The van der Waals surface area contributed by atoms with Crippen molar-refractivity contribution in [1.29, 1.82) is 0 Å². The fraction of sp³-hybridized carbons (Fsp3) is 0.375. The third kappa shape index (κ3) is 2.79. The molecule has 0 N–H and O–H groups in total. The van der Waals surface area contributed by atoms with E-state index in [1.54, 1.807) is 11.8 Å². The van der Waals surface area contributed by atoms with Crippen LogP contribution in [-0.4, -0.2) is 26.6 Å². The average molecular weight is 366 g/mol. The second kappa shape index (κ2) is 5.83. The van der Waals surface area contributed by atoms with Crippen LogP contribution >= 0.6 is 15.9 Å². The van der Waals surface area contributed by atoms with Crippen molar-refractivity contribution in [1.82, 2.24) is 14.7 Å². The second-order valence-corrected chi connectivity index (χ2v) is 6.48. The summed E-state index contributed by atoms with van der Waals surface area (Å²) in [5.41, 5.74) is 1.54. The third-order valence-corrected chi connectivity index (χ3v) is 4.69. The first-order valence-electron chi connectivity index (χ1n) is 7.22. The molecule has 1 aliphatic rings. The maximum Gasteiger partial charge on any atom is 0.260 e. The van der Waals surface area contributed by atoms with Crippen molar-refractivity contribution in [2.45, 2.75) is 32.4 Å². The summed E-state index contributed by atoms with van der Waals surface area (Å²) >= 11 is 3.50. The molecule has 0 aliphatic heterocycles. The number of aromatic nitrogens is 2. The minimum Gasteiger partial charge on any atom is -0.331 e. The van der Waals surface area contributed by atoms with E-state index < -0.39 is 5.95 Å². The molecule has 1 heterocycles. The Labute approximate surface area is 137 Å². The van der Waals surface area contributed by atoms with Crippen molar-refractivity contribution >= 4 is 21.8 Å². The fourth-order valence-electron chi connectivity index (χ4n) is 2.58. The van der Waals surface area contributed by atoms with Crippen LogP contribution in [-0.2, 0) is 13.6 Å². The zero-order valence-electron chi connectivity index (χ0n) is 12.5. The Morgan fingerprint density at radius 1 is 1.45 bits per heavy atom. The Hall–Kier alpha value is -1.69. The molecule has 4 nitrogen and oxygen atoms in total. The van der Waals surface area contributed by atoms with Gasteiger partial charge in [-0.1, -0.05) is 34.1 Å². The molecular weight excluding hydrogens is 349 g/mol. The molecule has 1 amide bonds. The SMILES string of the molecule is Cc1nn(C)c(F)c1C(=O)N(Cc1ccccc1Br)C1CC1. The first kappa shape index (κ1) is 15.2. The van der Waals surface area contributed by atoms with Crippen LogP contribution in [0.4, 0.5) is 4.39 Å². The first-order chi connectivity index (χ1) is 10.5. The smallest absolute Gasteiger partial charge is 0.260 e. The Bertz CT molecular complexity index is 724. The van der Waals surface area contributed by atoms with Gasteiger partial charge in [-0.3, -0.25) is 4.79 Å².